The number of benzene rings is 1. The zero-order chi connectivity index (χ0) is 16.8. The maximum absolute atomic E-state index is 12.2. The van der Waals surface area contributed by atoms with Crippen molar-refractivity contribution in [3.05, 3.63) is 47.3 Å². The number of ether oxygens (including phenoxy) is 2. The maximum Gasteiger partial charge on any atom is 0.347 e. The highest BCUT2D eigenvalue weighted by atomic mass is 16.5. The lowest BCUT2D eigenvalue weighted by molar-refractivity contribution is 0.143. The molecule has 3 aromatic rings. The van der Waals surface area contributed by atoms with E-state index in [1.807, 2.05) is 12.1 Å². The van der Waals surface area contributed by atoms with Crippen LogP contribution in [0.5, 0.6) is 5.75 Å². The minimum atomic E-state index is -0.536. The maximum atomic E-state index is 12.2. The van der Waals surface area contributed by atoms with Crippen LogP contribution in [0.3, 0.4) is 0 Å². The van der Waals surface area contributed by atoms with Crippen LogP contribution in [-0.2, 0) is 4.74 Å². The first-order valence-corrected chi connectivity index (χ1v) is 7.42. The number of hydrogen-bond donors (Lipinski definition) is 1. The molecule has 0 spiro atoms. The summed E-state index contributed by atoms with van der Waals surface area (Å²) in [5, 5.41) is 13.9. The van der Waals surface area contributed by atoms with Crippen LogP contribution in [-0.4, -0.2) is 40.4 Å². The largest absolute Gasteiger partial charge is 0.490 e. The number of fused-ring (bicyclic) bond motifs is 1. The quantitative estimate of drug-likeness (QED) is 0.383. The van der Waals surface area contributed by atoms with Crippen molar-refractivity contribution >= 4 is 11.0 Å². The second-order valence-corrected chi connectivity index (χ2v) is 4.94. The predicted octanol–water partition coefficient (Wildman–Crippen LogP) is 1.94. The molecule has 0 unspecified atom stereocenters. The second-order valence-electron chi connectivity index (χ2n) is 4.94. The summed E-state index contributed by atoms with van der Waals surface area (Å²) in [5.41, 5.74) is 0.125. The summed E-state index contributed by atoms with van der Waals surface area (Å²) in [6, 6.07) is 7.08. The number of nitrogens with one attached hydrogen (secondary N) is 1. The van der Waals surface area contributed by atoms with E-state index in [2.05, 4.69) is 27.2 Å². The highest BCUT2D eigenvalue weighted by Crippen LogP contribution is 2.26. The van der Waals surface area contributed by atoms with Crippen molar-refractivity contribution in [2.75, 3.05) is 19.8 Å². The van der Waals surface area contributed by atoms with Gasteiger partial charge in [0.15, 0.2) is 17.2 Å². The third kappa shape index (κ3) is 3.49. The van der Waals surface area contributed by atoms with Gasteiger partial charge in [-0.25, -0.2) is 9.89 Å². The lowest BCUT2D eigenvalue weighted by Gasteiger charge is -2.08. The molecule has 0 aliphatic heterocycles. The monoisotopic (exact) mass is 328 g/mol. The van der Waals surface area contributed by atoms with Crippen LogP contribution >= 0.6 is 0 Å². The first kappa shape index (κ1) is 15.9. The number of para-hydroxylation sites is 1. The Hall–Kier alpha value is -3.00. The fourth-order valence-corrected chi connectivity index (χ4v) is 2.18. The highest BCUT2D eigenvalue weighted by molar-refractivity contribution is 5.85. The second kappa shape index (κ2) is 7.51. The molecule has 0 saturated carbocycles. The van der Waals surface area contributed by atoms with Crippen LogP contribution in [0.15, 0.2) is 46.1 Å². The van der Waals surface area contributed by atoms with Gasteiger partial charge in [-0.3, -0.25) is 0 Å². The summed E-state index contributed by atoms with van der Waals surface area (Å²) in [7, 11) is 0. The van der Waals surface area contributed by atoms with Gasteiger partial charge in [-0.15, -0.1) is 11.7 Å². The van der Waals surface area contributed by atoms with E-state index in [4.69, 9.17) is 13.9 Å². The van der Waals surface area contributed by atoms with Crippen LogP contribution in [0.2, 0.25) is 0 Å². The molecule has 0 aliphatic carbocycles. The van der Waals surface area contributed by atoms with E-state index in [9.17, 15) is 4.79 Å². The smallest absolute Gasteiger partial charge is 0.347 e. The molecule has 24 heavy (non-hydrogen) atoms. The molecular formula is C16H16N4O4. The number of hydrogen-bond acceptors (Lipinski definition) is 7. The summed E-state index contributed by atoms with van der Waals surface area (Å²) < 4.78 is 16.4. The summed E-state index contributed by atoms with van der Waals surface area (Å²) in [4.78, 5) is 12.2. The SMILES string of the molecule is C=CCOCCCOc1cccc2cc(-c3nnn[nH]3)c(=O)oc12. The van der Waals surface area contributed by atoms with Gasteiger partial charge in [0.25, 0.3) is 0 Å². The van der Waals surface area contributed by atoms with Gasteiger partial charge in [-0.05, 0) is 22.6 Å². The zero-order valence-corrected chi connectivity index (χ0v) is 12.9. The third-order valence-electron chi connectivity index (χ3n) is 3.25. The van der Waals surface area contributed by atoms with Crippen molar-refractivity contribution in [2.45, 2.75) is 6.42 Å². The van der Waals surface area contributed by atoms with Gasteiger partial charge >= 0.3 is 5.63 Å². The Kier molecular flexibility index (Phi) is 4.97. The van der Waals surface area contributed by atoms with E-state index >= 15 is 0 Å². The molecule has 0 fully saturated rings. The molecular weight excluding hydrogens is 312 g/mol. The van der Waals surface area contributed by atoms with E-state index < -0.39 is 5.63 Å². The van der Waals surface area contributed by atoms with Crippen LogP contribution < -0.4 is 10.4 Å². The van der Waals surface area contributed by atoms with Gasteiger partial charge in [0.05, 0.1) is 19.8 Å². The van der Waals surface area contributed by atoms with E-state index in [1.54, 1.807) is 18.2 Å². The molecule has 0 amide bonds. The minimum Gasteiger partial charge on any atom is -0.490 e. The van der Waals surface area contributed by atoms with Crippen molar-refractivity contribution in [1.29, 1.82) is 0 Å². The van der Waals surface area contributed by atoms with Crippen molar-refractivity contribution < 1.29 is 13.9 Å². The average molecular weight is 328 g/mol. The minimum absolute atomic E-state index is 0.260. The van der Waals surface area contributed by atoms with Crippen molar-refractivity contribution in [3.63, 3.8) is 0 Å². The molecule has 0 atom stereocenters. The Labute approximate surface area is 137 Å². The van der Waals surface area contributed by atoms with Gasteiger partial charge in [0.2, 0.25) is 0 Å². The molecule has 124 valence electrons. The lowest BCUT2D eigenvalue weighted by atomic mass is 10.1. The Balaban J connectivity index is 1.79. The molecule has 0 radical (unpaired) electrons. The number of aromatic amines is 1. The number of tetrazole rings is 1. The molecule has 0 bridgehead atoms. The van der Waals surface area contributed by atoms with E-state index in [1.165, 1.54) is 0 Å². The molecule has 0 saturated heterocycles. The fraction of sp³-hybridized carbons (Fsp3) is 0.250. The number of aromatic nitrogens is 4. The molecule has 2 heterocycles. The fourth-order valence-electron chi connectivity index (χ4n) is 2.18. The van der Waals surface area contributed by atoms with E-state index in [-0.39, 0.29) is 11.4 Å². The molecule has 0 aliphatic rings. The van der Waals surface area contributed by atoms with Crippen LogP contribution in [0, 0.1) is 0 Å². The summed E-state index contributed by atoms with van der Waals surface area (Å²) >= 11 is 0. The average Bonchev–Trinajstić information content (AvgIpc) is 3.12. The molecule has 2 aromatic heterocycles. The third-order valence-corrected chi connectivity index (χ3v) is 3.25. The van der Waals surface area contributed by atoms with Gasteiger partial charge in [-0.2, -0.15) is 0 Å². The molecule has 1 N–H and O–H groups in total. The highest BCUT2D eigenvalue weighted by Gasteiger charge is 2.13. The van der Waals surface area contributed by atoms with E-state index in [0.717, 1.165) is 11.8 Å². The van der Waals surface area contributed by atoms with Crippen molar-refractivity contribution in [1.82, 2.24) is 20.6 Å². The molecule has 3 rings (SSSR count). The van der Waals surface area contributed by atoms with Gasteiger partial charge in [0, 0.05) is 11.8 Å². The summed E-state index contributed by atoms with van der Waals surface area (Å²) in [6.07, 6.45) is 2.41. The number of H-pyrrole nitrogens is 1. The lowest BCUT2D eigenvalue weighted by Crippen LogP contribution is -2.06. The van der Waals surface area contributed by atoms with Gasteiger partial charge in [-0.1, -0.05) is 18.2 Å². The summed E-state index contributed by atoms with van der Waals surface area (Å²) in [5.74, 6) is 0.770. The van der Waals surface area contributed by atoms with Crippen LogP contribution in [0.25, 0.3) is 22.4 Å². The zero-order valence-electron chi connectivity index (χ0n) is 12.9. The van der Waals surface area contributed by atoms with Gasteiger partial charge in [0.1, 0.15) is 5.56 Å². The Morgan fingerprint density at radius 2 is 2.25 bits per heavy atom. The van der Waals surface area contributed by atoms with Crippen LogP contribution in [0.4, 0.5) is 0 Å². The Bertz CT molecular complexity index is 873. The standard InChI is InChI=1S/C16H16N4O4/c1-2-7-22-8-4-9-23-13-6-3-5-11-10-12(15-17-19-20-18-15)16(21)24-14(11)13/h2-3,5-6,10H,1,4,7-9H2,(H,17,18,19,20). The topological polar surface area (TPSA) is 103 Å². The van der Waals surface area contributed by atoms with Crippen LogP contribution in [0.1, 0.15) is 6.42 Å². The summed E-state index contributed by atoms with van der Waals surface area (Å²) in [6.45, 7) is 5.12. The molecule has 1 aromatic carbocycles. The number of nitrogens with zero attached hydrogens (tertiary/aromatic N) is 3. The number of rotatable bonds is 8. The van der Waals surface area contributed by atoms with Crippen molar-refractivity contribution in [2.24, 2.45) is 0 Å². The first-order valence-electron chi connectivity index (χ1n) is 7.42. The molecule has 8 nitrogen and oxygen atoms in total. The Morgan fingerprint density at radius 1 is 1.33 bits per heavy atom. The first-order chi connectivity index (χ1) is 11.8. The predicted molar refractivity (Wildman–Crippen MR) is 86.8 cm³/mol. The van der Waals surface area contributed by atoms with E-state index in [0.29, 0.717) is 31.2 Å². The molecule has 8 heteroatoms. The van der Waals surface area contributed by atoms with Crippen molar-refractivity contribution in [3.8, 4) is 17.1 Å². The Morgan fingerprint density at radius 3 is 3.04 bits per heavy atom. The van der Waals surface area contributed by atoms with Gasteiger partial charge < -0.3 is 13.9 Å². The normalized spacial score (nSPS) is 10.8.